The van der Waals surface area contributed by atoms with Crippen LogP contribution in [0.5, 0.6) is 0 Å². The van der Waals surface area contributed by atoms with Crippen molar-refractivity contribution in [2.45, 2.75) is 24.7 Å². The molecule has 0 saturated carbocycles. The monoisotopic (exact) mass is 606 g/mol. The van der Waals surface area contributed by atoms with Gasteiger partial charge in [0, 0.05) is 61.7 Å². The second-order valence-corrected chi connectivity index (χ2v) is 9.73. The number of ether oxygens (including phenoxy) is 1. The van der Waals surface area contributed by atoms with E-state index < -0.39 is 65.2 Å². The van der Waals surface area contributed by atoms with Crippen LogP contribution in [-0.2, 0) is 23.0 Å². The highest BCUT2D eigenvalue weighted by molar-refractivity contribution is 5.97. The van der Waals surface area contributed by atoms with Crippen molar-refractivity contribution in [2.24, 2.45) is 7.05 Å². The van der Waals surface area contributed by atoms with Gasteiger partial charge in [-0.1, -0.05) is 0 Å². The van der Waals surface area contributed by atoms with Crippen LogP contribution in [0.25, 0.3) is 16.9 Å². The van der Waals surface area contributed by atoms with E-state index in [4.69, 9.17) is 4.74 Å². The SMILES string of the molecule is Cn1ccnc(-c2ccc(C[C@H](NC(=O)c3c(F)cc(N4CCOCC4C(F)(F)F)cc3F)C(=O)O)n3ccnc23)c1=O. The van der Waals surface area contributed by atoms with Crippen LogP contribution in [0.2, 0.25) is 0 Å². The topological polar surface area (TPSA) is 131 Å². The molecule has 0 spiro atoms. The zero-order chi connectivity index (χ0) is 31.1. The first-order chi connectivity index (χ1) is 20.4. The Balaban J connectivity index is 1.41. The highest BCUT2D eigenvalue weighted by Crippen LogP contribution is 2.32. The normalized spacial score (nSPS) is 16.3. The molecule has 11 nitrogen and oxygen atoms in total. The molecule has 4 heterocycles. The van der Waals surface area contributed by atoms with Gasteiger partial charge in [-0.3, -0.25) is 9.59 Å². The molecule has 5 rings (SSSR count). The Labute approximate surface area is 239 Å². The number of amides is 1. The highest BCUT2D eigenvalue weighted by atomic mass is 19.4. The van der Waals surface area contributed by atoms with Crippen LogP contribution in [-0.4, -0.2) is 73.9 Å². The van der Waals surface area contributed by atoms with Crippen LogP contribution >= 0.6 is 0 Å². The summed E-state index contributed by atoms with van der Waals surface area (Å²) in [6.45, 7) is -1.15. The fourth-order valence-electron chi connectivity index (χ4n) is 4.87. The molecule has 2 N–H and O–H groups in total. The van der Waals surface area contributed by atoms with E-state index in [0.29, 0.717) is 23.4 Å². The summed E-state index contributed by atoms with van der Waals surface area (Å²) in [6, 6.07) is 0.360. The van der Waals surface area contributed by atoms with Crippen molar-refractivity contribution >= 4 is 23.2 Å². The van der Waals surface area contributed by atoms with Gasteiger partial charge in [-0.05, 0) is 24.3 Å². The summed E-state index contributed by atoms with van der Waals surface area (Å²) in [7, 11) is 1.55. The number of imidazole rings is 1. The number of hydrogen-bond acceptors (Lipinski definition) is 7. The summed E-state index contributed by atoms with van der Waals surface area (Å²) in [6.07, 6.45) is 0.708. The maximum absolute atomic E-state index is 15.0. The van der Waals surface area contributed by atoms with E-state index in [-0.39, 0.29) is 30.9 Å². The van der Waals surface area contributed by atoms with Crippen molar-refractivity contribution in [1.29, 1.82) is 0 Å². The lowest BCUT2D eigenvalue weighted by molar-refractivity contribution is -0.167. The molecule has 1 aliphatic heterocycles. The number of carbonyl (C=O) groups is 2. The van der Waals surface area contributed by atoms with Gasteiger partial charge in [-0.25, -0.2) is 23.5 Å². The van der Waals surface area contributed by atoms with E-state index in [2.05, 4.69) is 15.3 Å². The Morgan fingerprint density at radius 3 is 2.51 bits per heavy atom. The number of aryl methyl sites for hydroxylation is 1. The minimum absolute atomic E-state index is 0.101. The predicted octanol–water partition coefficient (Wildman–Crippen LogP) is 2.57. The third-order valence-corrected chi connectivity index (χ3v) is 7.01. The van der Waals surface area contributed by atoms with Gasteiger partial charge in [0.15, 0.2) is 0 Å². The summed E-state index contributed by atoms with van der Waals surface area (Å²) in [5.41, 5.74) is -0.936. The van der Waals surface area contributed by atoms with E-state index in [0.717, 1.165) is 4.90 Å². The number of carbonyl (C=O) groups excluding carboxylic acids is 1. The molecule has 1 fully saturated rings. The standard InChI is InChI=1S/C27H23F5N6O5/c1-36-6-4-33-22(25(36)40)16-3-2-14(38-7-5-34-23(16)38)12-19(26(41)42)35-24(39)21-17(28)10-15(11-18(21)29)37-8-9-43-13-20(37)27(30,31)32/h2-7,10-11,19-20H,8-9,12-13H2,1H3,(H,35,39)(H,41,42)/t19-,20?/m0/s1. The number of carboxylic acid groups (broad SMARTS) is 1. The third kappa shape index (κ3) is 5.77. The lowest BCUT2D eigenvalue weighted by atomic mass is 10.1. The number of fused-ring (bicyclic) bond motifs is 1. The minimum atomic E-state index is -4.75. The van der Waals surface area contributed by atoms with Crippen molar-refractivity contribution in [3.8, 4) is 11.3 Å². The first-order valence-corrected chi connectivity index (χ1v) is 12.8. The van der Waals surface area contributed by atoms with Crippen LogP contribution in [0.1, 0.15) is 16.1 Å². The van der Waals surface area contributed by atoms with Gasteiger partial charge in [0.25, 0.3) is 11.5 Å². The number of nitrogens with one attached hydrogen (secondary N) is 1. The highest BCUT2D eigenvalue weighted by Gasteiger charge is 2.46. The van der Waals surface area contributed by atoms with Gasteiger partial charge < -0.3 is 29.0 Å². The Morgan fingerprint density at radius 2 is 1.84 bits per heavy atom. The maximum Gasteiger partial charge on any atom is 0.411 e. The van der Waals surface area contributed by atoms with Crippen LogP contribution in [0.3, 0.4) is 0 Å². The average molecular weight is 607 g/mol. The number of aromatic nitrogens is 4. The lowest BCUT2D eigenvalue weighted by Gasteiger charge is -2.38. The van der Waals surface area contributed by atoms with Gasteiger partial charge in [0.1, 0.15) is 40.6 Å². The maximum atomic E-state index is 15.0. The number of benzene rings is 1. The zero-order valence-corrected chi connectivity index (χ0v) is 22.3. The summed E-state index contributed by atoms with van der Waals surface area (Å²) in [5.74, 6) is -5.88. The van der Waals surface area contributed by atoms with Crippen molar-refractivity contribution < 1.29 is 41.4 Å². The molecule has 0 bridgehead atoms. The Kier molecular flexibility index (Phi) is 7.88. The van der Waals surface area contributed by atoms with E-state index in [1.54, 1.807) is 7.05 Å². The molecule has 226 valence electrons. The first kappa shape index (κ1) is 29.6. The van der Waals surface area contributed by atoms with Gasteiger partial charge in [-0.2, -0.15) is 13.2 Å². The number of carboxylic acids is 1. The van der Waals surface area contributed by atoms with Gasteiger partial charge in [-0.15, -0.1) is 0 Å². The molecule has 1 amide bonds. The molecular weight excluding hydrogens is 583 g/mol. The van der Waals surface area contributed by atoms with E-state index in [1.165, 1.54) is 45.9 Å². The van der Waals surface area contributed by atoms with Crippen molar-refractivity contribution in [1.82, 2.24) is 24.3 Å². The second-order valence-electron chi connectivity index (χ2n) is 9.73. The number of alkyl halides is 3. The number of morpholine rings is 1. The molecule has 43 heavy (non-hydrogen) atoms. The Morgan fingerprint density at radius 1 is 1.14 bits per heavy atom. The Hall–Kier alpha value is -4.86. The zero-order valence-electron chi connectivity index (χ0n) is 22.3. The second kappa shape index (κ2) is 11.4. The van der Waals surface area contributed by atoms with Crippen LogP contribution in [0.4, 0.5) is 27.6 Å². The summed E-state index contributed by atoms with van der Waals surface area (Å²) < 4.78 is 78.1. The van der Waals surface area contributed by atoms with Crippen LogP contribution < -0.4 is 15.8 Å². The molecule has 2 atom stereocenters. The lowest BCUT2D eigenvalue weighted by Crippen LogP contribution is -2.53. The van der Waals surface area contributed by atoms with Crippen molar-refractivity contribution in [3.63, 3.8) is 0 Å². The number of aliphatic carboxylic acids is 1. The molecule has 1 unspecified atom stereocenters. The number of nitrogens with zero attached hydrogens (tertiary/aromatic N) is 5. The summed E-state index contributed by atoms with van der Waals surface area (Å²) >= 11 is 0. The molecule has 0 aliphatic carbocycles. The summed E-state index contributed by atoms with van der Waals surface area (Å²) in [4.78, 5) is 46.6. The Bertz CT molecular complexity index is 1750. The number of halogens is 5. The number of pyridine rings is 1. The van der Waals surface area contributed by atoms with Crippen molar-refractivity contribution in [3.05, 3.63) is 82.3 Å². The third-order valence-electron chi connectivity index (χ3n) is 7.01. The fraction of sp³-hybridized carbons (Fsp3) is 0.296. The fourth-order valence-corrected chi connectivity index (χ4v) is 4.87. The number of rotatable bonds is 7. The first-order valence-electron chi connectivity index (χ1n) is 12.8. The van der Waals surface area contributed by atoms with Gasteiger partial charge >= 0.3 is 12.1 Å². The summed E-state index contributed by atoms with van der Waals surface area (Å²) in [5, 5.41) is 11.9. The molecular formula is C27H23F5N6O5. The van der Waals surface area contributed by atoms with Crippen LogP contribution in [0, 0.1) is 11.6 Å². The van der Waals surface area contributed by atoms with E-state index >= 15 is 8.78 Å². The number of hydrogen-bond donors (Lipinski definition) is 2. The minimum Gasteiger partial charge on any atom is -0.480 e. The van der Waals surface area contributed by atoms with E-state index in [1.807, 2.05) is 0 Å². The molecule has 0 radical (unpaired) electrons. The smallest absolute Gasteiger partial charge is 0.411 e. The quantitative estimate of drug-likeness (QED) is 0.307. The molecule has 1 saturated heterocycles. The van der Waals surface area contributed by atoms with Gasteiger partial charge in [0.05, 0.1) is 13.2 Å². The van der Waals surface area contributed by atoms with Crippen LogP contribution in [0.15, 0.2) is 53.8 Å². The molecule has 1 aliphatic rings. The largest absolute Gasteiger partial charge is 0.480 e. The van der Waals surface area contributed by atoms with E-state index in [9.17, 15) is 32.7 Å². The van der Waals surface area contributed by atoms with Crippen molar-refractivity contribution in [2.75, 3.05) is 24.7 Å². The predicted molar refractivity (Wildman–Crippen MR) is 141 cm³/mol. The van der Waals surface area contributed by atoms with Gasteiger partial charge in [0.2, 0.25) is 0 Å². The molecule has 4 aromatic rings. The average Bonchev–Trinajstić information content (AvgIpc) is 3.44. The molecule has 3 aromatic heterocycles. The number of anilines is 1. The molecule has 1 aromatic carbocycles. The molecule has 16 heteroatoms.